The van der Waals surface area contributed by atoms with Crippen molar-refractivity contribution in [1.82, 2.24) is 5.32 Å². The van der Waals surface area contributed by atoms with Crippen molar-refractivity contribution in [2.45, 2.75) is 13.5 Å². The van der Waals surface area contributed by atoms with Gasteiger partial charge >= 0.3 is 0 Å². The molecule has 2 N–H and O–H groups in total. The number of fused-ring (bicyclic) bond motifs is 1. The van der Waals surface area contributed by atoms with Gasteiger partial charge in [0.15, 0.2) is 0 Å². The van der Waals surface area contributed by atoms with Crippen molar-refractivity contribution in [2.75, 3.05) is 11.9 Å². The zero-order valence-electron chi connectivity index (χ0n) is 7.55. The van der Waals surface area contributed by atoms with Gasteiger partial charge in [-0.25, -0.2) is 0 Å². The predicted molar refractivity (Wildman–Crippen MR) is 51.5 cm³/mol. The molecular formula is C10H12N2O. The van der Waals surface area contributed by atoms with Gasteiger partial charge in [-0.2, -0.15) is 0 Å². The van der Waals surface area contributed by atoms with E-state index in [9.17, 15) is 4.79 Å². The van der Waals surface area contributed by atoms with Crippen molar-refractivity contribution in [1.29, 1.82) is 0 Å². The summed E-state index contributed by atoms with van der Waals surface area (Å²) in [7, 11) is 0. The maximum Gasteiger partial charge on any atom is 0.238 e. The van der Waals surface area contributed by atoms with Crippen LogP contribution in [0.15, 0.2) is 18.2 Å². The molecular weight excluding hydrogens is 164 g/mol. The van der Waals surface area contributed by atoms with Gasteiger partial charge in [-0.15, -0.1) is 0 Å². The Kier molecular flexibility index (Phi) is 2.02. The van der Waals surface area contributed by atoms with Crippen molar-refractivity contribution >= 4 is 11.6 Å². The number of hydrogen-bond acceptors (Lipinski definition) is 2. The van der Waals surface area contributed by atoms with Gasteiger partial charge < -0.3 is 10.6 Å². The van der Waals surface area contributed by atoms with E-state index in [2.05, 4.69) is 16.7 Å². The summed E-state index contributed by atoms with van der Waals surface area (Å²) in [5, 5.41) is 5.92. The van der Waals surface area contributed by atoms with Crippen molar-refractivity contribution in [2.24, 2.45) is 0 Å². The van der Waals surface area contributed by atoms with Crippen LogP contribution in [-0.2, 0) is 11.3 Å². The Labute approximate surface area is 77.1 Å². The second-order valence-corrected chi connectivity index (χ2v) is 3.31. The first-order chi connectivity index (χ1) is 6.25. The van der Waals surface area contributed by atoms with E-state index in [-0.39, 0.29) is 5.91 Å². The van der Waals surface area contributed by atoms with Crippen LogP contribution in [0.3, 0.4) is 0 Å². The van der Waals surface area contributed by atoms with Crippen LogP contribution in [0.5, 0.6) is 0 Å². The minimum Gasteiger partial charge on any atom is -0.325 e. The Morgan fingerprint density at radius 1 is 1.31 bits per heavy atom. The average molecular weight is 176 g/mol. The van der Waals surface area contributed by atoms with Gasteiger partial charge in [0.2, 0.25) is 5.91 Å². The Morgan fingerprint density at radius 2 is 2.15 bits per heavy atom. The largest absolute Gasteiger partial charge is 0.325 e. The van der Waals surface area contributed by atoms with E-state index in [1.807, 2.05) is 19.1 Å². The minimum atomic E-state index is 0.0318. The second kappa shape index (κ2) is 3.18. The van der Waals surface area contributed by atoms with E-state index in [1.165, 1.54) is 5.56 Å². The van der Waals surface area contributed by atoms with E-state index in [4.69, 9.17) is 0 Å². The summed E-state index contributed by atoms with van der Waals surface area (Å²) in [4.78, 5) is 11.2. The molecule has 0 aromatic heterocycles. The fourth-order valence-electron chi connectivity index (χ4n) is 1.47. The lowest BCUT2D eigenvalue weighted by molar-refractivity contribution is -0.115. The molecule has 0 saturated carbocycles. The number of carbonyl (C=O) groups is 1. The van der Waals surface area contributed by atoms with Crippen molar-refractivity contribution < 1.29 is 4.79 Å². The van der Waals surface area contributed by atoms with Crippen molar-refractivity contribution in [3.63, 3.8) is 0 Å². The minimum absolute atomic E-state index is 0.0318. The van der Waals surface area contributed by atoms with Gasteiger partial charge in [-0.05, 0) is 24.1 Å². The number of amides is 1. The van der Waals surface area contributed by atoms with Crippen LogP contribution >= 0.6 is 0 Å². The topological polar surface area (TPSA) is 41.1 Å². The third kappa shape index (κ3) is 1.70. The summed E-state index contributed by atoms with van der Waals surface area (Å²) >= 11 is 0. The molecule has 1 aliphatic rings. The Hall–Kier alpha value is -1.35. The van der Waals surface area contributed by atoms with Crippen LogP contribution in [0.1, 0.15) is 11.1 Å². The summed E-state index contributed by atoms with van der Waals surface area (Å²) in [5.74, 6) is 0.0318. The highest BCUT2D eigenvalue weighted by Gasteiger charge is 2.11. The van der Waals surface area contributed by atoms with Crippen LogP contribution in [-0.4, -0.2) is 12.5 Å². The molecule has 0 aliphatic carbocycles. The number of carbonyl (C=O) groups excluding carboxylic acids is 1. The van der Waals surface area contributed by atoms with Gasteiger partial charge in [0, 0.05) is 12.2 Å². The molecule has 0 unspecified atom stereocenters. The van der Waals surface area contributed by atoms with Gasteiger partial charge in [-0.1, -0.05) is 12.1 Å². The summed E-state index contributed by atoms with van der Waals surface area (Å²) in [6.45, 7) is 3.17. The molecule has 0 fully saturated rings. The molecule has 0 bridgehead atoms. The zero-order valence-corrected chi connectivity index (χ0v) is 7.55. The fourth-order valence-corrected chi connectivity index (χ4v) is 1.47. The molecule has 1 aromatic carbocycles. The van der Waals surface area contributed by atoms with Crippen LogP contribution in [0.25, 0.3) is 0 Å². The number of hydrogen-bond donors (Lipinski definition) is 2. The maximum atomic E-state index is 11.2. The average Bonchev–Trinajstić information content (AvgIpc) is 2.25. The van der Waals surface area contributed by atoms with E-state index < -0.39 is 0 Å². The first-order valence-electron chi connectivity index (χ1n) is 4.36. The molecule has 3 heteroatoms. The monoisotopic (exact) mass is 176 g/mol. The molecule has 0 saturated heterocycles. The van der Waals surface area contributed by atoms with E-state index in [0.717, 1.165) is 17.8 Å². The predicted octanol–water partition coefficient (Wildman–Crippen LogP) is 1.04. The molecule has 3 nitrogen and oxygen atoms in total. The molecule has 0 spiro atoms. The van der Waals surface area contributed by atoms with Crippen molar-refractivity contribution in [3.05, 3.63) is 29.3 Å². The number of nitrogens with one attached hydrogen (secondary N) is 2. The third-order valence-corrected chi connectivity index (χ3v) is 2.14. The lowest BCUT2D eigenvalue weighted by Crippen LogP contribution is -2.23. The molecule has 0 radical (unpaired) electrons. The molecule has 1 aromatic rings. The number of anilines is 1. The summed E-state index contributed by atoms with van der Waals surface area (Å²) in [5.41, 5.74) is 3.26. The first kappa shape index (κ1) is 8.26. The maximum absolute atomic E-state index is 11.2. The quantitative estimate of drug-likeness (QED) is 0.620. The number of benzene rings is 1. The molecule has 68 valence electrons. The highest BCUT2D eigenvalue weighted by molar-refractivity contribution is 5.93. The summed E-state index contributed by atoms with van der Waals surface area (Å²) in [6, 6.07) is 6.10. The molecule has 1 amide bonds. The smallest absolute Gasteiger partial charge is 0.238 e. The first-order valence-corrected chi connectivity index (χ1v) is 4.36. The molecule has 2 rings (SSSR count). The Balaban J connectivity index is 2.40. The van der Waals surface area contributed by atoms with Crippen LogP contribution < -0.4 is 10.6 Å². The van der Waals surface area contributed by atoms with Crippen LogP contribution in [0, 0.1) is 6.92 Å². The molecule has 0 atom stereocenters. The normalized spacial score (nSPS) is 15.9. The van der Waals surface area contributed by atoms with E-state index >= 15 is 0 Å². The van der Waals surface area contributed by atoms with E-state index in [1.54, 1.807) is 0 Å². The SMILES string of the molecule is Cc1ccc2c(c1)NC(=O)CNC2. The molecule has 1 aliphatic heterocycles. The van der Waals surface area contributed by atoms with Crippen LogP contribution in [0.4, 0.5) is 5.69 Å². The number of aryl methyl sites for hydroxylation is 1. The standard InChI is InChI=1S/C10H12N2O/c1-7-2-3-8-5-11-6-10(13)12-9(8)4-7/h2-4,11H,5-6H2,1H3,(H,12,13). The highest BCUT2D eigenvalue weighted by atomic mass is 16.1. The second-order valence-electron chi connectivity index (χ2n) is 3.31. The van der Waals surface area contributed by atoms with Crippen LogP contribution in [0.2, 0.25) is 0 Å². The third-order valence-electron chi connectivity index (χ3n) is 2.14. The fraction of sp³-hybridized carbons (Fsp3) is 0.300. The molecule has 1 heterocycles. The zero-order chi connectivity index (χ0) is 9.26. The summed E-state index contributed by atoms with van der Waals surface area (Å²) < 4.78 is 0. The summed E-state index contributed by atoms with van der Waals surface area (Å²) in [6.07, 6.45) is 0. The van der Waals surface area contributed by atoms with Gasteiger partial charge in [0.1, 0.15) is 0 Å². The lowest BCUT2D eigenvalue weighted by Gasteiger charge is -2.06. The highest BCUT2D eigenvalue weighted by Crippen LogP contribution is 2.18. The van der Waals surface area contributed by atoms with Gasteiger partial charge in [0.05, 0.1) is 6.54 Å². The molecule has 13 heavy (non-hydrogen) atoms. The van der Waals surface area contributed by atoms with Gasteiger partial charge in [0.25, 0.3) is 0 Å². The van der Waals surface area contributed by atoms with E-state index in [0.29, 0.717) is 6.54 Å². The Morgan fingerprint density at radius 3 is 3.00 bits per heavy atom. The lowest BCUT2D eigenvalue weighted by atomic mass is 10.1. The number of rotatable bonds is 0. The Bertz CT molecular complexity index is 347. The van der Waals surface area contributed by atoms with Gasteiger partial charge in [-0.3, -0.25) is 4.79 Å². The van der Waals surface area contributed by atoms with Crippen molar-refractivity contribution in [3.8, 4) is 0 Å².